The zero-order valence-corrected chi connectivity index (χ0v) is 11.0. The highest BCUT2D eigenvalue weighted by atomic mass is 32.1. The predicted octanol–water partition coefficient (Wildman–Crippen LogP) is 4.00. The van der Waals surface area contributed by atoms with Crippen LogP contribution in [0.15, 0.2) is 35.2 Å². The first-order valence-electron chi connectivity index (χ1n) is 5.41. The number of rotatable bonds is 1. The van der Waals surface area contributed by atoms with Crippen LogP contribution >= 0.6 is 11.3 Å². The average molecular weight is 249 g/mol. The summed E-state index contributed by atoms with van der Waals surface area (Å²) >= 11 is 1.61. The lowest BCUT2D eigenvalue weighted by atomic mass is 10.2. The van der Waals surface area contributed by atoms with E-state index in [1.54, 1.807) is 17.5 Å². The molecule has 0 bridgehead atoms. The predicted molar refractivity (Wildman–Crippen MR) is 69.4 cm³/mol. The van der Waals surface area contributed by atoms with Gasteiger partial charge in [-0.25, -0.2) is 4.79 Å². The van der Waals surface area contributed by atoms with Crippen molar-refractivity contribution in [2.75, 3.05) is 0 Å². The molecular weight excluding hydrogens is 234 g/mol. The zero-order valence-electron chi connectivity index (χ0n) is 10.1. The fourth-order valence-electron chi connectivity index (χ4n) is 1.50. The molecule has 4 heteroatoms. The first-order chi connectivity index (χ1) is 7.97. The van der Waals surface area contributed by atoms with Gasteiger partial charge in [-0.2, -0.15) is 11.3 Å². The van der Waals surface area contributed by atoms with Crippen LogP contribution in [0.1, 0.15) is 20.8 Å². The Morgan fingerprint density at radius 1 is 1.35 bits per heavy atom. The Labute approximate surface area is 105 Å². The number of thiophene rings is 1. The second kappa shape index (κ2) is 4.37. The summed E-state index contributed by atoms with van der Waals surface area (Å²) in [7, 11) is 0. The van der Waals surface area contributed by atoms with Crippen molar-refractivity contribution in [3.63, 3.8) is 0 Å². The van der Waals surface area contributed by atoms with E-state index < -0.39 is 5.60 Å². The number of carbonyl (C=O) groups excluding carboxylic acids is 1. The molecule has 17 heavy (non-hydrogen) atoms. The number of carbonyl (C=O) groups is 1. The summed E-state index contributed by atoms with van der Waals surface area (Å²) in [5.41, 5.74) is 1.42. The molecule has 2 aromatic rings. The van der Waals surface area contributed by atoms with Gasteiger partial charge in [0.05, 0.1) is 5.69 Å². The highest BCUT2D eigenvalue weighted by Crippen LogP contribution is 2.23. The maximum Gasteiger partial charge on any atom is 0.418 e. The number of nitrogens with zero attached hydrogens (tertiary/aromatic N) is 1. The lowest BCUT2D eigenvalue weighted by Gasteiger charge is -2.20. The summed E-state index contributed by atoms with van der Waals surface area (Å²) in [4.78, 5) is 12.0. The SMILES string of the molecule is CC(C)(C)OC(=O)n1cccc1-c1ccsc1. The Bertz CT molecular complexity index is 506. The fraction of sp³-hybridized carbons (Fsp3) is 0.308. The van der Waals surface area contributed by atoms with E-state index in [1.165, 1.54) is 4.57 Å². The molecule has 0 aliphatic carbocycles. The topological polar surface area (TPSA) is 31.2 Å². The van der Waals surface area contributed by atoms with Crippen LogP contribution in [0.25, 0.3) is 11.3 Å². The minimum absolute atomic E-state index is 0.344. The molecule has 0 amide bonds. The van der Waals surface area contributed by atoms with Crippen molar-refractivity contribution in [2.45, 2.75) is 26.4 Å². The summed E-state index contributed by atoms with van der Waals surface area (Å²) in [5.74, 6) is 0. The third-order valence-corrected chi connectivity index (χ3v) is 2.84. The Balaban J connectivity index is 2.29. The van der Waals surface area contributed by atoms with Crippen LogP contribution in [0.5, 0.6) is 0 Å². The zero-order chi connectivity index (χ0) is 12.5. The fourth-order valence-corrected chi connectivity index (χ4v) is 2.15. The van der Waals surface area contributed by atoms with Gasteiger partial charge in [0, 0.05) is 17.1 Å². The van der Waals surface area contributed by atoms with Gasteiger partial charge in [-0.15, -0.1) is 0 Å². The van der Waals surface area contributed by atoms with E-state index in [9.17, 15) is 4.79 Å². The summed E-state index contributed by atoms with van der Waals surface area (Å²) in [6, 6.07) is 5.74. The largest absolute Gasteiger partial charge is 0.443 e. The van der Waals surface area contributed by atoms with Gasteiger partial charge in [0.2, 0.25) is 0 Å². The molecule has 0 aliphatic heterocycles. The Hall–Kier alpha value is -1.55. The van der Waals surface area contributed by atoms with Crippen molar-refractivity contribution in [3.8, 4) is 11.3 Å². The molecule has 0 atom stereocenters. The van der Waals surface area contributed by atoms with Gasteiger partial charge < -0.3 is 4.74 Å². The van der Waals surface area contributed by atoms with Crippen LogP contribution in [0.2, 0.25) is 0 Å². The van der Waals surface area contributed by atoms with Crippen LogP contribution in [0.4, 0.5) is 4.79 Å². The molecule has 0 aromatic carbocycles. The van der Waals surface area contributed by atoms with E-state index in [0.29, 0.717) is 0 Å². The molecule has 0 saturated heterocycles. The summed E-state index contributed by atoms with van der Waals surface area (Å²) in [6.45, 7) is 5.58. The van der Waals surface area contributed by atoms with Crippen molar-refractivity contribution in [1.29, 1.82) is 0 Å². The highest BCUT2D eigenvalue weighted by Gasteiger charge is 2.19. The second-order valence-electron chi connectivity index (χ2n) is 4.76. The van der Waals surface area contributed by atoms with E-state index >= 15 is 0 Å². The van der Waals surface area contributed by atoms with Crippen molar-refractivity contribution in [2.24, 2.45) is 0 Å². The van der Waals surface area contributed by atoms with Crippen LogP contribution in [-0.4, -0.2) is 16.3 Å². The van der Waals surface area contributed by atoms with E-state index in [4.69, 9.17) is 4.74 Å². The molecule has 3 nitrogen and oxygen atoms in total. The minimum Gasteiger partial charge on any atom is -0.443 e. The maximum atomic E-state index is 12.0. The van der Waals surface area contributed by atoms with E-state index in [2.05, 4.69) is 0 Å². The molecule has 90 valence electrons. The van der Waals surface area contributed by atoms with Crippen LogP contribution in [-0.2, 0) is 4.74 Å². The first kappa shape index (κ1) is 11.9. The van der Waals surface area contributed by atoms with E-state index in [-0.39, 0.29) is 6.09 Å². The lowest BCUT2D eigenvalue weighted by molar-refractivity contribution is 0.0540. The summed E-state index contributed by atoms with van der Waals surface area (Å²) < 4.78 is 6.88. The average Bonchev–Trinajstić information content (AvgIpc) is 2.85. The highest BCUT2D eigenvalue weighted by molar-refractivity contribution is 7.08. The molecular formula is C13H15NO2S. The van der Waals surface area contributed by atoms with Crippen LogP contribution in [0.3, 0.4) is 0 Å². The number of ether oxygens (including phenoxy) is 1. The lowest BCUT2D eigenvalue weighted by Crippen LogP contribution is -2.27. The van der Waals surface area contributed by atoms with Gasteiger partial charge in [0.15, 0.2) is 0 Å². The molecule has 0 spiro atoms. The molecule has 0 radical (unpaired) electrons. The summed E-state index contributed by atoms with van der Waals surface area (Å²) in [6.07, 6.45) is 1.38. The van der Waals surface area contributed by atoms with Crippen molar-refractivity contribution in [3.05, 3.63) is 35.2 Å². The number of hydrogen-bond donors (Lipinski definition) is 0. The van der Waals surface area contributed by atoms with Gasteiger partial charge in [0.1, 0.15) is 5.60 Å². The molecule has 2 aromatic heterocycles. The quantitative estimate of drug-likeness (QED) is 0.765. The third kappa shape index (κ3) is 2.77. The molecule has 0 N–H and O–H groups in total. The second-order valence-corrected chi connectivity index (χ2v) is 5.54. The van der Waals surface area contributed by atoms with Crippen molar-refractivity contribution in [1.82, 2.24) is 4.57 Å². The Morgan fingerprint density at radius 3 is 2.71 bits per heavy atom. The minimum atomic E-state index is -0.479. The summed E-state index contributed by atoms with van der Waals surface area (Å²) in [5, 5.41) is 4.00. The normalized spacial score (nSPS) is 11.5. The molecule has 2 rings (SSSR count). The number of aromatic nitrogens is 1. The van der Waals surface area contributed by atoms with Gasteiger partial charge in [-0.1, -0.05) is 0 Å². The van der Waals surface area contributed by atoms with Crippen LogP contribution < -0.4 is 0 Å². The molecule has 0 fully saturated rings. The van der Waals surface area contributed by atoms with Gasteiger partial charge in [0.25, 0.3) is 0 Å². The van der Waals surface area contributed by atoms with Crippen molar-refractivity contribution >= 4 is 17.4 Å². The molecule has 0 aliphatic rings. The maximum absolute atomic E-state index is 12.0. The molecule has 0 saturated carbocycles. The van der Waals surface area contributed by atoms with Gasteiger partial charge in [-0.3, -0.25) is 4.57 Å². The first-order valence-corrected chi connectivity index (χ1v) is 6.35. The van der Waals surface area contributed by atoms with E-state index in [0.717, 1.165) is 11.3 Å². The van der Waals surface area contributed by atoms with Crippen LogP contribution in [0, 0.1) is 0 Å². The molecule has 0 unspecified atom stereocenters. The van der Waals surface area contributed by atoms with Gasteiger partial charge >= 0.3 is 6.09 Å². The Kier molecular flexibility index (Phi) is 3.07. The van der Waals surface area contributed by atoms with E-state index in [1.807, 2.05) is 49.7 Å². The van der Waals surface area contributed by atoms with Gasteiger partial charge in [-0.05, 0) is 44.4 Å². The Morgan fingerprint density at radius 2 is 2.12 bits per heavy atom. The standard InChI is InChI=1S/C13H15NO2S/c1-13(2,3)16-12(15)14-7-4-5-11(14)10-6-8-17-9-10/h4-9H,1-3H3. The number of hydrogen-bond acceptors (Lipinski definition) is 3. The van der Waals surface area contributed by atoms with Crippen molar-refractivity contribution < 1.29 is 9.53 Å². The monoisotopic (exact) mass is 249 g/mol. The third-order valence-electron chi connectivity index (χ3n) is 2.16. The molecule has 2 heterocycles. The smallest absolute Gasteiger partial charge is 0.418 e.